The fraction of sp³-hybridized carbons (Fsp3) is 0.143. The average Bonchev–Trinajstić information content (AvgIpc) is 3.08. The van der Waals surface area contributed by atoms with E-state index >= 15 is 0 Å². The van der Waals surface area contributed by atoms with Crippen LogP contribution in [0.25, 0.3) is 27.6 Å². The summed E-state index contributed by atoms with van der Waals surface area (Å²) >= 11 is 0.980. The Hall–Kier alpha value is -3.57. The zero-order valence-electron chi connectivity index (χ0n) is 18.4. The summed E-state index contributed by atoms with van der Waals surface area (Å²) in [6.45, 7) is 4.18. The molecular formula is C28H23NO3S. The second kappa shape index (κ2) is 8.75. The van der Waals surface area contributed by atoms with Gasteiger partial charge in [-0.25, -0.2) is 0 Å². The second-order valence-corrected chi connectivity index (χ2v) is 9.26. The van der Waals surface area contributed by atoms with Crippen LogP contribution in [-0.2, 0) is 11.3 Å². The molecule has 164 valence electrons. The highest BCUT2D eigenvalue weighted by Gasteiger charge is 2.35. The first kappa shape index (κ1) is 21.3. The topological polar surface area (TPSA) is 46.6 Å². The van der Waals surface area contributed by atoms with Gasteiger partial charge in [0, 0.05) is 5.56 Å². The van der Waals surface area contributed by atoms with E-state index in [1.165, 1.54) is 4.90 Å². The van der Waals surface area contributed by atoms with Crippen molar-refractivity contribution in [2.75, 3.05) is 0 Å². The first-order valence-electron chi connectivity index (χ1n) is 10.9. The maximum absolute atomic E-state index is 13.3. The highest BCUT2D eigenvalue weighted by Crippen LogP contribution is 2.38. The smallest absolute Gasteiger partial charge is 0.293 e. The third kappa shape index (κ3) is 4.12. The molecule has 0 aromatic heterocycles. The summed E-state index contributed by atoms with van der Waals surface area (Å²) in [6.07, 6.45) is 1.79. The molecule has 1 heterocycles. The van der Waals surface area contributed by atoms with E-state index in [4.69, 9.17) is 4.74 Å². The molecule has 0 radical (unpaired) electrons. The molecule has 4 aromatic carbocycles. The van der Waals surface area contributed by atoms with E-state index in [1.54, 1.807) is 6.08 Å². The van der Waals surface area contributed by atoms with Crippen LogP contribution in [0.1, 0.15) is 25.0 Å². The van der Waals surface area contributed by atoms with Crippen LogP contribution in [0.3, 0.4) is 0 Å². The molecule has 5 heteroatoms. The van der Waals surface area contributed by atoms with Gasteiger partial charge >= 0.3 is 0 Å². The van der Waals surface area contributed by atoms with Gasteiger partial charge in [-0.15, -0.1) is 0 Å². The third-order valence-corrected chi connectivity index (χ3v) is 6.56. The van der Waals surface area contributed by atoms with Crippen LogP contribution in [0.5, 0.6) is 5.75 Å². The zero-order chi connectivity index (χ0) is 22.9. The van der Waals surface area contributed by atoms with Crippen molar-refractivity contribution in [2.45, 2.75) is 26.5 Å². The lowest BCUT2D eigenvalue weighted by molar-refractivity contribution is -0.123. The number of amides is 2. The largest absolute Gasteiger partial charge is 0.490 e. The standard InChI is InChI=1S/C28H23NO3S/c1-18(2)32-25-15-14-20-9-4-6-13-23(20)24(25)16-26-27(30)29(28(31)33-26)17-21-11-7-10-19-8-3-5-12-22(19)21/h3-16,18H,17H2,1-2H3/b26-16-. The van der Waals surface area contributed by atoms with E-state index in [0.29, 0.717) is 10.7 Å². The molecule has 0 unspecified atom stereocenters. The van der Waals surface area contributed by atoms with Crippen molar-refractivity contribution in [3.05, 3.63) is 94.9 Å². The Labute approximate surface area is 196 Å². The number of carbonyl (C=O) groups excluding carboxylic acids is 2. The van der Waals surface area contributed by atoms with E-state index < -0.39 is 0 Å². The zero-order valence-corrected chi connectivity index (χ0v) is 19.3. The average molecular weight is 454 g/mol. The monoisotopic (exact) mass is 453 g/mol. The lowest BCUT2D eigenvalue weighted by atomic mass is 10.0. The molecule has 1 saturated heterocycles. The SMILES string of the molecule is CC(C)Oc1ccc2ccccc2c1/C=C1\SC(=O)N(Cc2cccc3ccccc23)C1=O. The molecule has 0 bridgehead atoms. The summed E-state index contributed by atoms with van der Waals surface area (Å²) in [7, 11) is 0. The van der Waals surface area contributed by atoms with Crippen molar-refractivity contribution in [1.29, 1.82) is 0 Å². The number of thioether (sulfide) groups is 1. The van der Waals surface area contributed by atoms with Crippen molar-refractivity contribution in [3.8, 4) is 5.75 Å². The molecule has 1 aliphatic rings. The lowest BCUT2D eigenvalue weighted by Crippen LogP contribution is -2.27. The van der Waals surface area contributed by atoms with Crippen LogP contribution in [0.15, 0.2) is 83.8 Å². The highest BCUT2D eigenvalue weighted by atomic mass is 32.2. The fourth-order valence-electron chi connectivity index (χ4n) is 4.15. The predicted molar refractivity (Wildman–Crippen MR) is 135 cm³/mol. The summed E-state index contributed by atoms with van der Waals surface area (Å²) in [6, 6.07) is 25.9. The Kier molecular flexibility index (Phi) is 5.65. The summed E-state index contributed by atoms with van der Waals surface area (Å²) in [4.78, 5) is 27.9. The quantitative estimate of drug-likeness (QED) is 0.305. The molecule has 1 fully saturated rings. The predicted octanol–water partition coefficient (Wildman–Crippen LogP) is 7.02. The molecule has 0 atom stereocenters. The van der Waals surface area contributed by atoms with Crippen LogP contribution in [-0.4, -0.2) is 22.2 Å². The molecule has 4 nitrogen and oxygen atoms in total. The van der Waals surface area contributed by atoms with Gasteiger partial charge in [-0.1, -0.05) is 72.8 Å². The molecular weight excluding hydrogens is 430 g/mol. The van der Waals surface area contributed by atoms with Gasteiger partial charge in [-0.05, 0) is 64.9 Å². The third-order valence-electron chi connectivity index (χ3n) is 5.65. The Morgan fingerprint density at radius 1 is 0.848 bits per heavy atom. The first-order valence-corrected chi connectivity index (χ1v) is 11.7. The lowest BCUT2D eigenvalue weighted by Gasteiger charge is -2.15. The number of hydrogen-bond donors (Lipinski definition) is 0. The number of imide groups is 1. The van der Waals surface area contributed by atoms with Crippen LogP contribution in [0.2, 0.25) is 0 Å². The van der Waals surface area contributed by atoms with Crippen LogP contribution >= 0.6 is 11.8 Å². The van der Waals surface area contributed by atoms with Crippen LogP contribution in [0, 0.1) is 0 Å². The normalized spacial score (nSPS) is 15.4. The Bertz CT molecular complexity index is 1420. The summed E-state index contributed by atoms with van der Waals surface area (Å²) in [5.74, 6) is 0.422. The van der Waals surface area contributed by atoms with Crippen LogP contribution in [0.4, 0.5) is 4.79 Å². The highest BCUT2D eigenvalue weighted by molar-refractivity contribution is 8.18. The molecule has 4 aromatic rings. The fourth-order valence-corrected chi connectivity index (χ4v) is 4.97. The minimum atomic E-state index is -0.277. The number of carbonyl (C=O) groups is 2. The Balaban J connectivity index is 1.53. The van der Waals surface area contributed by atoms with Crippen LogP contribution < -0.4 is 4.74 Å². The van der Waals surface area contributed by atoms with E-state index in [0.717, 1.165) is 44.4 Å². The molecule has 0 saturated carbocycles. The molecule has 0 spiro atoms. The second-order valence-electron chi connectivity index (χ2n) is 8.27. The van der Waals surface area contributed by atoms with Gasteiger partial charge in [0.25, 0.3) is 11.1 Å². The molecule has 1 aliphatic heterocycles. The van der Waals surface area contributed by atoms with Gasteiger partial charge in [0.05, 0.1) is 17.6 Å². The van der Waals surface area contributed by atoms with Gasteiger partial charge in [-0.2, -0.15) is 0 Å². The van der Waals surface area contributed by atoms with E-state index in [-0.39, 0.29) is 23.8 Å². The number of rotatable bonds is 5. The van der Waals surface area contributed by atoms with E-state index in [1.807, 2.05) is 92.7 Å². The number of benzene rings is 4. The van der Waals surface area contributed by atoms with Crippen molar-refractivity contribution in [1.82, 2.24) is 4.90 Å². The van der Waals surface area contributed by atoms with Crippen molar-refractivity contribution in [3.63, 3.8) is 0 Å². The number of ether oxygens (including phenoxy) is 1. The van der Waals surface area contributed by atoms with Gasteiger partial charge < -0.3 is 4.74 Å². The molecule has 33 heavy (non-hydrogen) atoms. The minimum Gasteiger partial charge on any atom is -0.490 e. The first-order chi connectivity index (χ1) is 16.0. The number of nitrogens with zero attached hydrogens (tertiary/aromatic N) is 1. The molecule has 5 rings (SSSR count). The van der Waals surface area contributed by atoms with Gasteiger partial charge in [0.2, 0.25) is 0 Å². The maximum Gasteiger partial charge on any atom is 0.293 e. The van der Waals surface area contributed by atoms with Gasteiger partial charge in [-0.3, -0.25) is 14.5 Å². The van der Waals surface area contributed by atoms with Crippen molar-refractivity contribution >= 4 is 50.5 Å². The number of fused-ring (bicyclic) bond motifs is 2. The molecule has 0 N–H and O–H groups in total. The summed E-state index contributed by atoms with van der Waals surface area (Å²) in [5, 5.41) is 3.91. The van der Waals surface area contributed by atoms with Crippen molar-refractivity contribution in [2.24, 2.45) is 0 Å². The minimum absolute atomic E-state index is 0.0141. The summed E-state index contributed by atoms with van der Waals surface area (Å²) in [5.41, 5.74) is 1.77. The van der Waals surface area contributed by atoms with Crippen molar-refractivity contribution < 1.29 is 14.3 Å². The number of hydrogen-bond acceptors (Lipinski definition) is 4. The molecule has 0 aliphatic carbocycles. The summed E-state index contributed by atoms with van der Waals surface area (Å²) < 4.78 is 6.03. The maximum atomic E-state index is 13.3. The van der Waals surface area contributed by atoms with Gasteiger partial charge in [0.1, 0.15) is 5.75 Å². The Morgan fingerprint density at radius 2 is 1.52 bits per heavy atom. The van der Waals surface area contributed by atoms with E-state index in [2.05, 4.69) is 0 Å². The molecule has 2 amide bonds. The van der Waals surface area contributed by atoms with E-state index in [9.17, 15) is 9.59 Å². The Morgan fingerprint density at radius 3 is 2.27 bits per heavy atom. The van der Waals surface area contributed by atoms with Gasteiger partial charge in [0.15, 0.2) is 0 Å².